The van der Waals surface area contributed by atoms with Gasteiger partial charge in [-0.2, -0.15) is 0 Å². The molecular formula is C15H19NO3. The smallest absolute Gasteiger partial charge is 0.265 e. The van der Waals surface area contributed by atoms with Gasteiger partial charge in [-0.25, -0.2) is 0 Å². The van der Waals surface area contributed by atoms with Crippen molar-refractivity contribution in [2.45, 2.75) is 44.6 Å². The second kappa shape index (κ2) is 5.21. The number of aliphatic hydroxyl groups excluding tert-OH is 1. The zero-order valence-corrected chi connectivity index (χ0v) is 10.9. The minimum atomic E-state index is -0.471. The summed E-state index contributed by atoms with van der Waals surface area (Å²) in [5.74, 6) is 0.680. The van der Waals surface area contributed by atoms with E-state index in [1.54, 1.807) is 0 Å². The van der Waals surface area contributed by atoms with E-state index in [-0.39, 0.29) is 12.5 Å². The third-order valence-electron chi connectivity index (χ3n) is 3.89. The van der Waals surface area contributed by atoms with Crippen molar-refractivity contribution in [3.8, 4) is 5.75 Å². The lowest BCUT2D eigenvalue weighted by Gasteiger charge is -2.28. The van der Waals surface area contributed by atoms with Crippen LogP contribution in [0, 0.1) is 0 Å². The molecule has 0 fully saturated rings. The molecule has 3 rings (SSSR count). The van der Waals surface area contributed by atoms with Crippen LogP contribution in [0.25, 0.3) is 0 Å². The topological polar surface area (TPSA) is 58.6 Å². The average molecular weight is 261 g/mol. The Kier molecular flexibility index (Phi) is 3.42. The standard InChI is InChI=1S/C15H19NO3/c17-7-3-6-13-15(18)16-12-8-10-4-1-2-5-11(10)9-14(12)19-13/h8-9,13,17H,1-7H2,(H,16,18)/t13-/m1/s1. The minimum Gasteiger partial charge on any atom is -0.478 e. The Bertz CT molecular complexity index is 498. The van der Waals surface area contributed by atoms with Crippen molar-refractivity contribution in [3.05, 3.63) is 23.3 Å². The number of ether oxygens (including phenoxy) is 1. The number of anilines is 1. The van der Waals surface area contributed by atoms with Crippen LogP contribution in [-0.4, -0.2) is 23.7 Å². The van der Waals surface area contributed by atoms with Crippen molar-refractivity contribution < 1.29 is 14.6 Å². The first-order valence-electron chi connectivity index (χ1n) is 7.02. The van der Waals surface area contributed by atoms with Gasteiger partial charge in [-0.1, -0.05) is 0 Å². The highest BCUT2D eigenvalue weighted by molar-refractivity contribution is 5.97. The van der Waals surface area contributed by atoms with Crippen LogP contribution in [0.3, 0.4) is 0 Å². The molecule has 2 N–H and O–H groups in total. The first kappa shape index (κ1) is 12.5. The Balaban J connectivity index is 1.85. The van der Waals surface area contributed by atoms with Crippen LogP contribution in [0.5, 0.6) is 5.75 Å². The molecule has 0 saturated carbocycles. The fourth-order valence-corrected chi connectivity index (χ4v) is 2.85. The maximum Gasteiger partial charge on any atom is 0.265 e. The van der Waals surface area contributed by atoms with Crippen molar-refractivity contribution in [1.82, 2.24) is 0 Å². The van der Waals surface area contributed by atoms with Gasteiger partial charge in [0.15, 0.2) is 6.10 Å². The van der Waals surface area contributed by atoms with Crippen molar-refractivity contribution in [2.75, 3.05) is 11.9 Å². The second-order valence-electron chi connectivity index (χ2n) is 5.29. The molecule has 0 aromatic heterocycles. The maximum absolute atomic E-state index is 11.9. The first-order valence-corrected chi connectivity index (χ1v) is 7.02. The van der Waals surface area contributed by atoms with E-state index in [9.17, 15) is 4.79 Å². The van der Waals surface area contributed by atoms with Gasteiger partial charge >= 0.3 is 0 Å². The third-order valence-corrected chi connectivity index (χ3v) is 3.89. The molecule has 1 aliphatic heterocycles. The Hall–Kier alpha value is -1.55. The maximum atomic E-state index is 11.9. The van der Waals surface area contributed by atoms with E-state index in [4.69, 9.17) is 9.84 Å². The molecule has 2 aliphatic rings. The van der Waals surface area contributed by atoms with Gasteiger partial charge in [0, 0.05) is 6.61 Å². The lowest BCUT2D eigenvalue weighted by molar-refractivity contribution is -0.123. The van der Waals surface area contributed by atoms with Crippen LogP contribution >= 0.6 is 0 Å². The Morgan fingerprint density at radius 3 is 2.74 bits per heavy atom. The number of amides is 1. The molecule has 0 saturated heterocycles. The lowest BCUT2D eigenvalue weighted by Crippen LogP contribution is -2.37. The van der Waals surface area contributed by atoms with Crippen LogP contribution in [0.2, 0.25) is 0 Å². The molecule has 4 heteroatoms. The van der Waals surface area contributed by atoms with E-state index in [0.29, 0.717) is 12.8 Å². The molecule has 1 aliphatic carbocycles. The normalized spacial score (nSPS) is 21.1. The average Bonchev–Trinajstić information content (AvgIpc) is 2.43. The molecule has 4 nitrogen and oxygen atoms in total. The van der Waals surface area contributed by atoms with Gasteiger partial charge in [0.1, 0.15) is 5.75 Å². The monoisotopic (exact) mass is 261 g/mol. The summed E-state index contributed by atoms with van der Waals surface area (Å²) in [5.41, 5.74) is 3.48. The predicted molar refractivity (Wildman–Crippen MR) is 72.4 cm³/mol. The zero-order valence-electron chi connectivity index (χ0n) is 10.9. The molecule has 1 aromatic rings. The highest BCUT2D eigenvalue weighted by atomic mass is 16.5. The summed E-state index contributed by atoms with van der Waals surface area (Å²) in [6.07, 6.45) is 5.30. The van der Waals surface area contributed by atoms with E-state index in [1.165, 1.54) is 24.0 Å². The van der Waals surface area contributed by atoms with Crippen LogP contribution < -0.4 is 10.1 Å². The van der Waals surface area contributed by atoms with E-state index in [2.05, 4.69) is 17.4 Å². The van der Waals surface area contributed by atoms with Gasteiger partial charge in [0.05, 0.1) is 5.69 Å². The number of hydrogen-bond donors (Lipinski definition) is 2. The fourth-order valence-electron chi connectivity index (χ4n) is 2.85. The number of rotatable bonds is 3. The number of benzene rings is 1. The SMILES string of the molecule is O=C1Nc2cc3c(cc2O[C@@H]1CCCO)CCCC3. The van der Waals surface area contributed by atoms with Crippen molar-refractivity contribution >= 4 is 11.6 Å². The summed E-state index contributed by atoms with van der Waals surface area (Å²) >= 11 is 0. The summed E-state index contributed by atoms with van der Waals surface area (Å²) < 4.78 is 5.79. The number of nitrogens with one attached hydrogen (secondary N) is 1. The van der Waals surface area contributed by atoms with Crippen molar-refractivity contribution in [2.24, 2.45) is 0 Å². The van der Waals surface area contributed by atoms with E-state index in [0.717, 1.165) is 24.3 Å². The summed E-state index contributed by atoms with van der Waals surface area (Å²) in [4.78, 5) is 11.9. The van der Waals surface area contributed by atoms with E-state index >= 15 is 0 Å². The number of carbonyl (C=O) groups excluding carboxylic acids is 1. The van der Waals surface area contributed by atoms with Crippen LogP contribution in [0.15, 0.2) is 12.1 Å². The molecule has 0 radical (unpaired) electrons. The quantitative estimate of drug-likeness (QED) is 0.875. The number of carbonyl (C=O) groups is 1. The van der Waals surface area contributed by atoms with Crippen LogP contribution in [0.1, 0.15) is 36.8 Å². The number of hydrogen-bond acceptors (Lipinski definition) is 3. The Labute approximate surface area is 112 Å². The van der Waals surface area contributed by atoms with Gasteiger partial charge in [-0.05, 0) is 61.8 Å². The summed E-state index contributed by atoms with van der Waals surface area (Å²) in [5, 5.41) is 11.8. The highest BCUT2D eigenvalue weighted by Crippen LogP contribution is 2.36. The van der Waals surface area contributed by atoms with Crippen LogP contribution in [0.4, 0.5) is 5.69 Å². The Morgan fingerprint density at radius 1 is 1.26 bits per heavy atom. The molecular weight excluding hydrogens is 242 g/mol. The first-order chi connectivity index (χ1) is 9.28. The Morgan fingerprint density at radius 2 is 2.00 bits per heavy atom. The molecule has 19 heavy (non-hydrogen) atoms. The molecule has 0 spiro atoms. The highest BCUT2D eigenvalue weighted by Gasteiger charge is 2.28. The molecule has 1 atom stereocenters. The molecule has 1 amide bonds. The summed E-state index contributed by atoms with van der Waals surface area (Å²) in [6, 6.07) is 4.14. The van der Waals surface area contributed by atoms with Gasteiger partial charge in [-0.3, -0.25) is 4.79 Å². The van der Waals surface area contributed by atoms with E-state index < -0.39 is 6.10 Å². The lowest BCUT2D eigenvalue weighted by atomic mass is 9.90. The molecule has 1 heterocycles. The van der Waals surface area contributed by atoms with Gasteiger partial charge in [0.2, 0.25) is 0 Å². The summed E-state index contributed by atoms with van der Waals surface area (Å²) in [7, 11) is 0. The number of fused-ring (bicyclic) bond motifs is 2. The molecule has 0 unspecified atom stereocenters. The molecule has 102 valence electrons. The molecule has 0 bridgehead atoms. The number of aryl methyl sites for hydroxylation is 2. The zero-order chi connectivity index (χ0) is 13.2. The fraction of sp³-hybridized carbons (Fsp3) is 0.533. The van der Waals surface area contributed by atoms with Gasteiger partial charge < -0.3 is 15.2 Å². The van der Waals surface area contributed by atoms with Gasteiger partial charge in [0.25, 0.3) is 5.91 Å². The summed E-state index contributed by atoms with van der Waals surface area (Å²) in [6.45, 7) is 0.0875. The van der Waals surface area contributed by atoms with E-state index in [1.807, 2.05) is 0 Å². The predicted octanol–water partition coefficient (Wildman–Crippen LogP) is 2.04. The van der Waals surface area contributed by atoms with Gasteiger partial charge in [-0.15, -0.1) is 0 Å². The largest absolute Gasteiger partial charge is 0.478 e. The van der Waals surface area contributed by atoms with Crippen molar-refractivity contribution in [3.63, 3.8) is 0 Å². The molecule has 1 aromatic carbocycles. The minimum absolute atomic E-state index is 0.0875. The second-order valence-corrected chi connectivity index (χ2v) is 5.29. The third kappa shape index (κ3) is 2.45. The number of aliphatic hydroxyl groups is 1. The van der Waals surface area contributed by atoms with Crippen molar-refractivity contribution in [1.29, 1.82) is 0 Å². The van der Waals surface area contributed by atoms with Crippen LogP contribution in [-0.2, 0) is 17.6 Å².